The minimum absolute atomic E-state index is 0.0958. The largest absolute Gasteiger partial charge is 0.339 e. The second-order valence-electron chi connectivity index (χ2n) is 4.39. The van der Waals surface area contributed by atoms with Crippen LogP contribution in [0, 0.1) is 11.3 Å². The van der Waals surface area contributed by atoms with Crippen molar-refractivity contribution >= 4 is 5.91 Å². The molecular weight excluding hydrogens is 214 g/mol. The molecule has 0 radical (unpaired) electrons. The van der Waals surface area contributed by atoms with E-state index >= 15 is 0 Å². The zero-order chi connectivity index (χ0) is 12.3. The lowest BCUT2D eigenvalue weighted by molar-refractivity contribution is 0.0734. The molecule has 0 aliphatic heterocycles. The topological polar surface area (TPSA) is 57.0 Å². The van der Waals surface area contributed by atoms with E-state index in [2.05, 4.69) is 4.98 Å². The van der Waals surface area contributed by atoms with Gasteiger partial charge in [0.15, 0.2) is 0 Å². The first-order chi connectivity index (χ1) is 8.24. The van der Waals surface area contributed by atoms with Gasteiger partial charge in [-0.2, -0.15) is 5.26 Å². The molecule has 0 N–H and O–H groups in total. The maximum Gasteiger partial charge on any atom is 0.256 e. The van der Waals surface area contributed by atoms with Gasteiger partial charge in [0.1, 0.15) is 6.07 Å². The maximum absolute atomic E-state index is 12.2. The molecule has 0 spiro atoms. The molecule has 1 amide bonds. The number of pyridine rings is 1. The molecule has 88 valence electrons. The summed E-state index contributed by atoms with van der Waals surface area (Å²) in [6, 6.07) is 3.93. The Morgan fingerprint density at radius 3 is 2.88 bits per heavy atom. The Labute approximate surface area is 101 Å². The molecule has 0 saturated heterocycles. The summed E-state index contributed by atoms with van der Waals surface area (Å²) in [7, 11) is 1.81. The SMILES string of the molecule is CN(C(=O)c1cnccc1C#N)C1CCCC1. The van der Waals surface area contributed by atoms with Gasteiger partial charge in [0.2, 0.25) is 0 Å². The Balaban J connectivity index is 2.21. The highest BCUT2D eigenvalue weighted by molar-refractivity contribution is 5.96. The van der Waals surface area contributed by atoms with E-state index in [4.69, 9.17) is 5.26 Å². The first-order valence-corrected chi connectivity index (χ1v) is 5.85. The lowest BCUT2D eigenvalue weighted by Crippen LogP contribution is -2.35. The van der Waals surface area contributed by atoms with Crippen molar-refractivity contribution in [1.29, 1.82) is 5.26 Å². The van der Waals surface area contributed by atoms with Gasteiger partial charge in [-0.25, -0.2) is 0 Å². The fourth-order valence-electron chi connectivity index (χ4n) is 2.31. The molecule has 1 aromatic rings. The Morgan fingerprint density at radius 2 is 2.24 bits per heavy atom. The molecule has 1 heterocycles. The molecule has 4 heteroatoms. The second-order valence-corrected chi connectivity index (χ2v) is 4.39. The van der Waals surface area contributed by atoms with E-state index in [0.29, 0.717) is 17.2 Å². The number of amides is 1. The molecule has 0 atom stereocenters. The highest BCUT2D eigenvalue weighted by atomic mass is 16.2. The predicted molar refractivity (Wildman–Crippen MR) is 63.3 cm³/mol. The summed E-state index contributed by atoms with van der Waals surface area (Å²) in [4.78, 5) is 17.9. The zero-order valence-electron chi connectivity index (χ0n) is 9.89. The quantitative estimate of drug-likeness (QED) is 0.779. The number of aromatic nitrogens is 1. The van der Waals surface area contributed by atoms with E-state index < -0.39 is 0 Å². The van der Waals surface area contributed by atoms with E-state index in [9.17, 15) is 4.79 Å². The van der Waals surface area contributed by atoms with Crippen LogP contribution in [0.15, 0.2) is 18.5 Å². The molecule has 17 heavy (non-hydrogen) atoms. The molecule has 2 rings (SSSR count). The molecular formula is C13H15N3O. The highest BCUT2D eigenvalue weighted by Gasteiger charge is 2.25. The summed E-state index contributed by atoms with van der Waals surface area (Å²) < 4.78 is 0. The lowest BCUT2D eigenvalue weighted by Gasteiger charge is -2.24. The Hall–Kier alpha value is -1.89. The number of rotatable bonds is 2. The third kappa shape index (κ3) is 2.28. The molecule has 1 aliphatic carbocycles. The van der Waals surface area contributed by atoms with Gasteiger partial charge in [0.25, 0.3) is 5.91 Å². The maximum atomic E-state index is 12.2. The fourth-order valence-corrected chi connectivity index (χ4v) is 2.31. The number of nitrogens with zero attached hydrogens (tertiary/aromatic N) is 3. The van der Waals surface area contributed by atoms with Crippen LogP contribution in [0.25, 0.3) is 0 Å². The van der Waals surface area contributed by atoms with Crippen LogP contribution in [0.3, 0.4) is 0 Å². The minimum Gasteiger partial charge on any atom is -0.339 e. The minimum atomic E-state index is -0.0958. The van der Waals surface area contributed by atoms with E-state index in [0.717, 1.165) is 12.8 Å². The number of nitriles is 1. The van der Waals surface area contributed by atoms with Crippen molar-refractivity contribution in [2.24, 2.45) is 0 Å². The highest BCUT2D eigenvalue weighted by Crippen LogP contribution is 2.24. The van der Waals surface area contributed by atoms with Gasteiger partial charge in [0, 0.05) is 25.5 Å². The van der Waals surface area contributed by atoms with Gasteiger partial charge >= 0.3 is 0 Å². The summed E-state index contributed by atoms with van der Waals surface area (Å²) in [6.07, 6.45) is 7.49. The van der Waals surface area contributed by atoms with Crippen LogP contribution in [0.4, 0.5) is 0 Å². The van der Waals surface area contributed by atoms with Crippen LogP contribution in [0.5, 0.6) is 0 Å². The summed E-state index contributed by atoms with van der Waals surface area (Å²) in [5.74, 6) is -0.0958. The van der Waals surface area contributed by atoms with E-state index in [1.54, 1.807) is 11.0 Å². The third-order valence-electron chi connectivity index (χ3n) is 3.36. The zero-order valence-corrected chi connectivity index (χ0v) is 9.89. The van der Waals surface area contributed by atoms with Gasteiger partial charge in [-0.1, -0.05) is 12.8 Å². The normalized spacial score (nSPS) is 15.5. The Morgan fingerprint density at radius 1 is 1.53 bits per heavy atom. The van der Waals surface area contributed by atoms with Crippen molar-refractivity contribution in [1.82, 2.24) is 9.88 Å². The molecule has 1 saturated carbocycles. The first kappa shape index (κ1) is 11.6. The van der Waals surface area contributed by atoms with Crippen molar-refractivity contribution in [3.05, 3.63) is 29.6 Å². The van der Waals surface area contributed by atoms with Crippen LogP contribution in [0.2, 0.25) is 0 Å². The molecule has 0 bridgehead atoms. The van der Waals surface area contributed by atoms with Crippen molar-refractivity contribution in [3.8, 4) is 6.07 Å². The van der Waals surface area contributed by atoms with Crippen molar-refractivity contribution in [2.45, 2.75) is 31.7 Å². The fraction of sp³-hybridized carbons (Fsp3) is 0.462. The first-order valence-electron chi connectivity index (χ1n) is 5.85. The van der Waals surface area contributed by atoms with Gasteiger partial charge in [-0.3, -0.25) is 9.78 Å². The summed E-state index contributed by atoms with van der Waals surface area (Å²) >= 11 is 0. The molecule has 0 aromatic carbocycles. The summed E-state index contributed by atoms with van der Waals surface area (Å²) in [5.41, 5.74) is 0.805. The number of carbonyl (C=O) groups is 1. The average molecular weight is 229 g/mol. The molecule has 1 fully saturated rings. The summed E-state index contributed by atoms with van der Waals surface area (Å²) in [5, 5.41) is 8.97. The smallest absolute Gasteiger partial charge is 0.256 e. The van der Waals surface area contributed by atoms with Crippen molar-refractivity contribution < 1.29 is 4.79 Å². The monoisotopic (exact) mass is 229 g/mol. The lowest BCUT2D eigenvalue weighted by atomic mass is 10.1. The predicted octanol–water partition coefficient (Wildman–Crippen LogP) is 1.97. The molecule has 0 unspecified atom stereocenters. The second kappa shape index (κ2) is 4.96. The van der Waals surface area contributed by atoms with E-state index in [1.807, 2.05) is 13.1 Å². The van der Waals surface area contributed by atoms with E-state index in [-0.39, 0.29) is 5.91 Å². The third-order valence-corrected chi connectivity index (χ3v) is 3.36. The van der Waals surface area contributed by atoms with Crippen LogP contribution >= 0.6 is 0 Å². The van der Waals surface area contributed by atoms with Crippen molar-refractivity contribution in [2.75, 3.05) is 7.05 Å². The van der Waals surface area contributed by atoms with E-state index in [1.165, 1.54) is 25.2 Å². The molecule has 4 nitrogen and oxygen atoms in total. The standard InChI is InChI=1S/C13H15N3O/c1-16(11-4-2-3-5-11)13(17)12-9-15-7-6-10(12)8-14/h6-7,9,11H,2-5H2,1H3. The number of hydrogen-bond acceptors (Lipinski definition) is 3. The molecule has 1 aliphatic rings. The van der Waals surface area contributed by atoms with Crippen molar-refractivity contribution in [3.63, 3.8) is 0 Å². The van der Waals surface area contributed by atoms with Gasteiger partial charge < -0.3 is 4.90 Å². The van der Waals surface area contributed by atoms with Crippen LogP contribution in [-0.4, -0.2) is 28.9 Å². The van der Waals surface area contributed by atoms with Crippen LogP contribution < -0.4 is 0 Å². The Bertz CT molecular complexity index is 458. The Kier molecular flexibility index (Phi) is 3.38. The van der Waals surface area contributed by atoms with Crippen LogP contribution in [0.1, 0.15) is 41.6 Å². The molecule has 1 aromatic heterocycles. The number of hydrogen-bond donors (Lipinski definition) is 0. The average Bonchev–Trinajstić information content (AvgIpc) is 2.90. The van der Waals surface area contributed by atoms with Gasteiger partial charge in [-0.05, 0) is 18.9 Å². The van der Waals surface area contributed by atoms with Gasteiger partial charge in [0.05, 0.1) is 11.1 Å². The summed E-state index contributed by atoms with van der Waals surface area (Å²) in [6.45, 7) is 0. The number of carbonyl (C=O) groups excluding carboxylic acids is 1. The van der Waals surface area contributed by atoms with Gasteiger partial charge in [-0.15, -0.1) is 0 Å². The van der Waals surface area contributed by atoms with Crippen LogP contribution in [-0.2, 0) is 0 Å².